The second-order valence-electron chi connectivity index (χ2n) is 15.3. The topological polar surface area (TPSA) is 120 Å². The van der Waals surface area contributed by atoms with Gasteiger partial charge in [-0.15, -0.1) is 6.58 Å². The van der Waals surface area contributed by atoms with E-state index in [0.29, 0.717) is 25.3 Å². The fourth-order valence-electron chi connectivity index (χ4n) is 7.81. The van der Waals surface area contributed by atoms with Crippen molar-refractivity contribution in [1.29, 1.82) is 0 Å². The second-order valence-corrected chi connectivity index (χ2v) is 15.3. The first-order valence-electron chi connectivity index (χ1n) is 19.1. The molecule has 2 aromatic carbocycles. The lowest BCUT2D eigenvalue weighted by Crippen LogP contribution is -2.53. The molecule has 6 rings (SSSR count). The predicted octanol–water partition coefficient (Wildman–Crippen LogP) is 8.20. The monoisotopic (exact) mass is 718 g/mol. The Morgan fingerprint density at radius 1 is 0.868 bits per heavy atom. The molecule has 2 N–H and O–H groups in total. The number of aliphatic imine (C=N–C) groups is 1. The number of alkyl carbamates (subject to hydrolysis) is 1. The summed E-state index contributed by atoms with van der Waals surface area (Å²) in [6.07, 6.45) is 8.09. The Balaban J connectivity index is 1.13. The molecule has 0 radical (unpaired) electrons. The summed E-state index contributed by atoms with van der Waals surface area (Å²) in [7, 11) is 1.31. The van der Waals surface area contributed by atoms with Crippen molar-refractivity contribution in [2.24, 2.45) is 22.7 Å². The van der Waals surface area contributed by atoms with Crippen molar-refractivity contribution in [3.63, 3.8) is 0 Å². The van der Waals surface area contributed by atoms with E-state index in [1.165, 1.54) is 7.11 Å². The van der Waals surface area contributed by atoms with Gasteiger partial charge >= 0.3 is 6.09 Å². The highest BCUT2D eigenvalue weighted by Crippen LogP contribution is 2.37. The molecule has 280 valence electrons. The summed E-state index contributed by atoms with van der Waals surface area (Å²) in [5.74, 6) is 1.18. The summed E-state index contributed by atoms with van der Waals surface area (Å²) in [6.45, 7) is 15.5. The van der Waals surface area contributed by atoms with E-state index >= 15 is 0 Å². The van der Waals surface area contributed by atoms with Crippen LogP contribution in [0.15, 0.2) is 78.1 Å². The zero-order valence-electron chi connectivity index (χ0n) is 32.0. The van der Waals surface area contributed by atoms with Crippen LogP contribution in [0.4, 0.5) is 4.79 Å². The molecular formula is C43H54N6O4. The average molecular weight is 719 g/mol. The SMILES string of the molecule is C=CCC1=C(c2ccc(-c3ccc(-c4cnc([C@@H]5CCCN5C(=O)[C@@H](C)C(C)C)[nH]4)cc3)cc2)CC([C@@H]2CCCN2C(=O)[C@@H](NC(=O)OC)C(C)C)=N1. The molecule has 10 nitrogen and oxygen atoms in total. The molecule has 0 aliphatic carbocycles. The van der Waals surface area contributed by atoms with Gasteiger partial charge in [0, 0.05) is 43.3 Å². The van der Waals surface area contributed by atoms with Crippen molar-refractivity contribution in [2.45, 2.75) is 91.3 Å². The molecule has 3 amide bonds. The standard InChI is InChI=1S/C43H54N6O4/c1-8-11-34-33(24-35(45-34)37-12-9-22-48(37)42(51)39(27(4)5)47-43(52)53-7)31-18-14-29(15-19-31)30-16-20-32(21-17-30)36-25-44-40(46-36)38-13-10-23-49(38)41(50)28(6)26(2)3/h8,14-21,25-28,37-39H,1,9-13,22-24H2,2-7H3,(H,44,46)(H,47,52)/t28-,37-,38-,39-/m0/s1. The van der Waals surface area contributed by atoms with Gasteiger partial charge in [-0.2, -0.15) is 0 Å². The van der Waals surface area contributed by atoms with Gasteiger partial charge in [-0.3, -0.25) is 14.6 Å². The summed E-state index contributed by atoms with van der Waals surface area (Å²) in [6, 6.07) is 16.3. The van der Waals surface area contributed by atoms with E-state index in [1.54, 1.807) is 0 Å². The molecule has 0 saturated carbocycles. The Hall–Kier alpha value is -4.99. The van der Waals surface area contributed by atoms with Crippen LogP contribution in [0.3, 0.4) is 0 Å². The highest BCUT2D eigenvalue weighted by atomic mass is 16.5. The zero-order valence-corrected chi connectivity index (χ0v) is 32.0. The summed E-state index contributed by atoms with van der Waals surface area (Å²) < 4.78 is 4.80. The van der Waals surface area contributed by atoms with Crippen molar-refractivity contribution in [3.8, 4) is 22.4 Å². The highest BCUT2D eigenvalue weighted by molar-refractivity contribution is 6.05. The number of nitrogens with one attached hydrogen (secondary N) is 2. The van der Waals surface area contributed by atoms with Crippen molar-refractivity contribution in [1.82, 2.24) is 25.1 Å². The summed E-state index contributed by atoms with van der Waals surface area (Å²) in [5.41, 5.74) is 8.45. The van der Waals surface area contributed by atoms with E-state index in [9.17, 15) is 14.4 Å². The van der Waals surface area contributed by atoms with Crippen molar-refractivity contribution >= 4 is 29.2 Å². The number of carbonyl (C=O) groups is 3. The number of benzene rings is 2. The lowest BCUT2D eigenvalue weighted by molar-refractivity contribution is -0.137. The number of H-pyrrole nitrogens is 1. The summed E-state index contributed by atoms with van der Waals surface area (Å²) >= 11 is 0. The number of carbonyl (C=O) groups excluding carboxylic acids is 3. The van der Waals surface area contributed by atoms with E-state index < -0.39 is 12.1 Å². The molecule has 4 heterocycles. The van der Waals surface area contributed by atoms with Crippen LogP contribution in [0.5, 0.6) is 0 Å². The molecule has 4 atom stereocenters. The lowest BCUT2D eigenvalue weighted by atomic mass is 9.94. The van der Waals surface area contributed by atoms with Crippen LogP contribution in [-0.2, 0) is 14.3 Å². The summed E-state index contributed by atoms with van der Waals surface area (Å²) in [4.78, 5) is 56.2. The maximum Gasteiger partial charge on any atom is 0.407 e. The Kier molecular flexibility index (Phi) is 11.6. The molecule has 10 heteroatoms. The number of aromatic amines is 1. The van der Waals surface area contributed by atoms with E-state index in [4.69, 9.17) is 14.7 Å². The first-order valence-corrected chi connectivity index (χ1v) is 19.1. The molecule has 3 aromatic rings. The molecule has 2 saturated heterocycles. The number of nitrogens with zero attached hydrogens (tertiary/aromatic N) is 4. The van der Waals surface area contributed by atoms with E-state index in [1.807, 2.05) is 42.8 Å². The van der Waals surface area contributed by atoms with Gasteiger partial charge in [0.25, 0.3) is 0 Å². The fraction of sp³-hybridized carbons (Fsp3) is 0.465. The minimum Gasteiger partial charge on any atom is -0.453 e. The number of rotatable bonds is 12. The molecule has 0 spiro atoms. The van der Waals surface area contributed by atoms with Crippen LogP contribution in [-0.4, -0.2) is 75.7 Å². The number of amides is 3. The van der Waals surface area contributed by atoms with Crippen LogP contribution < -0.4 is 5.32 Å². The number of hydrogen-bond donors (Lipinski definition) is 2. The third-order valence-electron chi connectivity index (χ3n) is 11.2. The highest BCUT2D eigenvalue weighted by Gasteiger charge is 2.39. The Morgan fingerprint density at radius 3 is 2.04 bits per heavy atom. The Labute approximate surface area is 313 Å². The number of imidazole rings is 1. The summed E-state index contributed by atoms with van der Waals surface area (Å²) in [5, 5.41) is 2.74. The Bertz CT molecular complexity index is 1870. The Morgan fingerprint density at radius 2 is 1.45 bits per heavy atom. The predicted molar refractivity (Wildman–Crippen MR) is 210 cm³/mol. The van der Waals surface area contributed by atoms with Crippen LogP contribution in [0.25, 0.3) is 28.0 Å². The molecular weight excluding hydrogens is 665 g/mol. The fourth-order valence-corrected chi connectivity index (χ4v) is 7.81. The van der Waals surface area contributed by atoms with E-state index in [2.05, 4.69) is 79.3 Å². The lowest BCUT2D eigenvalue weighted by Gasteiger charge is -2.31. The van der Waals surface area contributed by atoms with E-state index in [-0.39, 0.29) is 35.7 Å². The smallest absolute Gasteiger partial charge is 0.407 e. The zero-order chi connectivity index (χ0) is 37.8. The molecule has 0 bridgehead atoms. The third kappa shape index (κ3) is 8.01. The van der Waals surface area contributed by atoms with Crippen molar-refractivity contribution in [3.05, 3.63) is 84.5 Å². The number of ether oxygens (including phenoxy) is 1. The van der Waals surface area contributed by atoms with Gasteiger partial charge in [-0.1, -0.05) is 89.2 Å². The largest absolute Gasteiger partial charge is 0.453 e. The first kappa shape index (κ1) is 37.8. The number of aromatic nitrogens is 2. The molecule has 2 fully saturated rings. The number of hydrogen-bond acceptors (Lipinski definition) is 6. The van der Waals surface area contributed by atoms with Crippen LogP contribution in [0.2, 0.25) is 0 Å². The van der Waals surface area contributed by atoms with Crippen LogP contribution in [0.1, 0.15) is 90.6 Å². The van der Waals surface area contributed by atoms with Gasteiger partial charge in [0.1, 0.15) is 11.9 Å². The van der Waals surface area contributed by atoms with Gasteiger partial charge in [-0.05, 0) is 65.3 Å². The number of allylic oxidation sites excluding steroid dienone is 2. The van der Waals surface area contributed by atoms with Gasteiger partial charge in [0.2, 0.25) is 11.8 Å². The van der Waals surface area contributed by atoms with Gasteiger partial charge in [-0.25, -0.2) is 9.78 Å². The molecule has 3 aliphatic rings. The minimum atomic E-state index is -0.665. The third-order valence-corrected chi connectivity index (χ3v) is 11.2. The van der Waals surface area contributed by atoms with Crippen LogP contribution >= 0.6 is 0 Å². The molecule has 1 aromatic heterocycles. The number of likely N-dealkylation sites (tertiary alicyclic amines) is 2. The van der Waals surface area contributed by atoms with Gasteiger partial charge in [0.05, 0.1) is 31.1 Å². The second kappa shape index (κ2) is 16.4. The van der Waals surface area contributed by atoms with Crippen LogP contribution in [0, 0.1) is 17.8 Å². The van der Waals surface area contributed by atoms with Crippen molar-refractivity contribution < 1.29 is 19.1 Å². The average Bonchev–Trinajstić information content (AvgIpc) is 3.99. The first-order chi connectivity index (χ1) is 25.5. The molecule has 0 unspecified atom stereocenters. The molecule has 53 heavy (non-hydrogen) atoms. The normalized spacial score (nSPS) is 19.9. The quantitative estimate of drug-likeness (QED) is 0.183. The number of methoxy groups -OCH3 is 1. The van der Waals surface area contributed by atoms with Gasteiger partial charge < -0.3 is 24.8 Å². The van der Waals surface area contributed by atoms with E-state index in [0.717, 1.165) is 83.0 Å². The van der Waals surface area contributed by atoms with Crippen molar-refractivity contribution in [2.75, 3.05) is 20.2 Å². The molecule has 3 aliphatic heterocycles. The minimum absolute atomic E-state index is 0.00847. The maximum absolute atomic E-state index is 13.7. The maximum atomic E-state index is 13.7. The van der Waals surface area contributed by atoms with Gasteiger partial charge in [0.15, 0.2) is 0 Å².